The molecule has 11 heteroatoms. The SMILES string of the molecule is O=C(O)CN1C(=O)[C@@H](NC(=O)C2(CC(CCOc3ccc(F)cc3)C(=O)O)CCCC2)CSc2ccccc21. The molecular formula is C28H31FN2O7S. The Kier molecular flexibility index (Phi) is 9.11. The third-order valence-electron chi connectivity index (χ3n) is 7.30. The molecule has 0 radical (unpaired) electrons. The Morgan fingerprint density at radius 3 is 2.46 bits per heavy atom. The van der Waals surface area contributed by atoms with E-state index in [9.17, 15) is 33.8 Å². The summed E-state index contributed by atoms with van der Waals surface area (Å²) < 4.78 is 18.7. The molecule has 0 bridgehead atoms. The zero-order valence-electron chi connectivity index (χ0n) is 21.3. The van der Waals surface area contributed by atoms with Gasteiger partial charge in [0.15, 0.2) is 0 Å². The van der Waals surface area contributed by atoms with Gasteiger partial charge in [0.2, 0.25) is 5.91 Å². The molecular weight excluding hydrogens is 527 g/mol. The standard InChI is InChI=1S/C28H31FN2O7S/c29-19-7-9-20(10-8-19)38-14-11-18(26(35)36)15-28(12-3-4-13-28)27(37)30-21-17-39-23-6-2-1-5-22(23)31(25(21)34)16-24(32)33/h1-2,5-10,18,21H,3-4,11-17H2,(H,30,37)(H,32,33)(H,35,36)/t18?,21-/m0/s1. The van der Waals surface area contributed by atoms with Crippen LogP contribution in [0.2, 0.25) is 0 Å². The largest absolute Gasteiger partial charge is 0.494 e. The maximum atomic E-state index is 13.7. The molecule has 9 nitrogen and oxygen atoms in total. The summed E-state index contributed by atoms with van der Waals surface area (Å²) >= 11 is 1.36. The van der Waals surface area contributed by atoms with Crippen LogP contribution in [0.25, 0.3) is 0 Å². The van der Waals surface area contributed by atoms with Crippen molar-refractivity contribution in [3.05, 3.63) is 54.3 Å². The zero-order valence-corrected chi connectivity index (χ0v) is 22.1. The molecule has 0 aromatic heterocycles. The minimum atomic E-state index is -1.17. The van der Waals surface area contributed by atoms with Crippen LogP contribution in [0.15, 0.2) is 53.4 Å². The highest BCUT2D eigenvalue weighted by molar-refractivity contribution is 7.99. The zero-order chi connectivity index (χ0) is 28.0. The molecule has 1 saturated carbocycles. The van der Waals surface area contributed by atoms with E-state index in [-0.39, 0.29) is 31.1 Å². The molecule has 2 atom stereocenters. The van der Waals surface area contributed by atoms with Crippen molar-refractivity contribution in [1.29, 1.82) is 0 Å². The van der Waals surface area contributed by atoms with Gasteiger partial charge in [0.25, 0.3) is 5.91 Å². The number of aliphatic carboxylic acids is 2. The first-order valence-corrected chi connectivity index (χ1v) is 13.8. The summed E-state index contributed by atoms with van der Waals surface area (Å²) in [5.41, 5.74) is -0.477. The fraction of sp³-hybridized carbons (Fsp3) is 0.429. The fourth-order valence-electron chi connectivity index (χ4n) is 5.28. The van der Waals surface area contributed by atoms with Crippen molar-refractivity contribution >= 4 is 41.2 Å². The van der Waals surface area contributed by atoms with Gasteiger partial charge in [-0.05, 0) is 62.1 Å². The van der Waals surface area contributed by atoms with Gasteiger partial charge in [-0.3, -0.25) is 24.1 Å². The fourth-order valence-corrected chi connectivity index (χ4v) is 6.35. The molecule has 1 aliphatic heterocycles. The van der Waals surface area contributed by atoms with Crippen LogP contribution in [-0.2, 0) is 19.2 Å². The van der Waals surface area contributed by atoms with Crippen LogP contribution in [0, 0.1) is 17.2 Å². The number of nitrogens with one attached hydrogen (secondary N) is 1. The number of carbonyl (C=O) groups is 4. The number of benzene rings is 2. The molecule has 1 unspecified atom stereocenters. The molecule has 1 heterocycles. The Hall–Kier alpha value is -3.60. The van der Waals surface area contributed by atoms with Crippen LogP contribution in [0.3, 0.4) is 0 Å². The summed E-state index contributed by atoms with van der Waals surface area (Å²) in [5.74, 6) is -3.73. The normalized spacial score (nSPS) is 19.1. The Balaban J connectivity index is 1.46. The third kappa shape index (κ3) is 6.89. The van der Waals surface area contributed by atoms with E-state index in [4.69, 9.17) is 4.74 Å². The number of halogens is 1. The topological polar surface area (TPSA) is 133 Å². The molecule has 4 rings (SSSR count). The van der Waals surface area contributed by atoms with Crippen molar-refractivity contribution in [2.75, 3.05) is 23.8 Å². The summed E-state index contributed by atoms with van der Waals surface area (Å²) in [5, 5.41) is 22.2. The third-order valence-corrected chi connectivity index (χ3v) is 8.46. The van der Waals surface area contributed by atoms with E-state index in [1.54, 1.807) is 24.3 Å². The summed E-state index contributed by atoms with van der Waals surface area (Å²) in [6.45, 7) is -0.455. The lowest BCUT2D eigenvalue weighted by molar-refractivity contribution is -0.145. The van der Waals surface area contributed by atoms with Gasteiger partial charge in [0.05, 0.1) is 23.6 Å². The molecule has 2 aromatic carbocycles. The number of anilines is 1. The van der Waals surface area contributed by atoms with E-state index < -0.39 is 47.6 Å². The predicted molar refractivity (Wildman–Crippen MR) is 142 cm³/mol. The number of rotatable bonds is 11. The number of carboxylic acids is 2. The summed E-state index contributed by atoms with van der Waals surface area (Å²) in [4.78, 5) is 52.7. The summed E-state index contributed by atoms with van der Waals surface area (Å²) in [6.07, 6.45) is 2.75. The van der Waals surface area contributed by atoms with E-state index in [1.165, 1.54) is 40.9 Å². The van der Waals surface area contributed by atoms with Crippen LogP contribution in [0.5, 0.6) is 5.75 Å². The number of amides is 2. The Morgan fingerprint density at radius 2 is 1.79 bits per heavy atom. The molecule has 39 heavy (non-hydrogen) atoms. The van der Waals surface area contributed by atoms with Crippen LogP contribution in [0.4, 0.5) is 10.1 Å². The van der Waals surface area contributed by atoms with Crippen LogP contribution in [0.1, 0.15) is 38.5 Å². The van der Waals surface area contributed by atoms with Crippen LogP contribution < -0.4 is 15.0 Å². The minimum absolute atomic E-state index is 0.0838. The second-order valence-corrected chi connectivity index (χ2v) is 11.0. The number of carbonyl (C=O) groups excluding carboxylic acids is 2. The first-order valence-electron chi connectivity index (χ1n) is 12.9. The van der Waals surface area contributed by atoms with E-state index >= 15 is 0 Å². The molecule has 3 N–H and O–H groups in total. The number of para-hydroxylation sites is 1. The first-order chi connectivity index (χ1) is 18.7. The number of hydrogen-bond acceptors (Lipinski definition) is 6. The van der Waals surface area contributed by atoms with Gasteiger partial charge in [0.1, 0.15) is 24.2 Å². The number of carboxylic acid groups (broad SMARTS) is 2. The van der Waals surface area contributed by atoms with E-state index in [2.05, 4.69) is 5.32 Å². The van der Waals surface area contributed by atoms with Crippen molar-refractivity contribution in [3.63, 3.8) is 0 Å². The quantitative estimate of drug-likeness (QED) is 0.378. The smallest absolute Gasteiger partial charge is 0.323 e. The minimum Gasteiger partial charge on any atom is -0.494 e. The van der Waals surface area contributed by atoms with Crippen LogP contribution in [-0.4, -0.2) is 58.9 Å². The van der Waals surface area contributed by atoms with Crippen molar-refractivity contribution < 1.29 is 38.5 Å². The lowest BCUT2D eigenvalue weighted by atomic mass is 9.75. The monoisotopic (exact) mass is 558 g/mol. The number of fused-ring (bicyclic) bond motifs is 1. The van der Waals surface area contributed by atoms with Gasteiger partial charge in [-0.2, -0.15) is 0 Å². The molecule has 0 saturated heterocycles. The average molecular weight is 559 g/mol. The van der Waals surface area contributed by atoms with Gasteiger partial charge >= 0.3 is 11.9 Å². The number of hydrogen-bond donors (Lipinski definition) is 3. The van der Waals surface area contributed by atoms with Crippen molar-refractivity contribution in [3.8, 4) is 5.75 Å². The van der Waals surface area contributed by atoms with Crippen molar-refractivity contribution in [2.24, 2.45) is 11.3 Å². The van der Waals surface area contributed by atoms with Crippen molar-refractivity contribution in [2.45, 2.75) is 49.5 Å². The Bertz CT molecular complexity index is 1220. The summed E-state index contributed by atoms with van der Waals surface area (Å²) in [7, 11) is 0. The molecule has 2 aliphatic rings. The van der Waals surface area contributed by atoms with E-state index in [0.29, 0.717) is 24.3 Å². The maximum absolute atomic E-state index is 13.7. The van der Waals surface area contributed by atoms with E-state index in [0.717, 1.165) is 17.7 Å². The van der Waals surface area contributed by atoms with Gasteiger partial charge in [-0.15, -0.1) is 11.8 Å². The second-order valence-electron chi connectivity index (χ2n) is 9.94. The van der Waals surface area contributed by atoms with Gasteiger partial charge in [-0.25, -0.2) is 4.39 Å². The molecule has 208 valence electrons. The molecule has 1 fully saturated rings. The number of ether oxygens (including phenoxy) is 1. The van der Waals surface area contributed by atoms with Gasteiger partial charge < -0.3 is 20.3 Å². The maximum Gasteiger partial charge on any atom is 0.323 e. The molecule has 0 spiro atoms. The first kappa shape index (κ1) is 28.4. The van der Waals surface area contributed by atoms with Gasteiger partial charge in [-0.1, -0.05) is 25.0 Å². The van der Waals surface area contributed by atoms with Crippen LogP contribution >= 0.6 is 11.8 Å². The highest BCUT2D eigenvalue weighted by atomic mass is 32.2. The lowest BCUT2D eigenvalue weighted by Crippen LogP contribution is -2.54. The van der Waals surface area contributed by atoms with Crippen molar-refractivity contribution in [1.82, 2.24) is 5.32 Å². The molecule has 1 aliphatic carbocycles. The number of nitrogens with zero attached hydrogens (tertiary/aromatic N) is 1. The Morgan fingerprint density at radius 1 is 1.10 bits per heavy atom. The molecule has 2 amide bonds. The predicted octanol–water partition coefficient (Wildman–Crippen LogP) is 3.95. The summed E-state index contributed by atoms with van der Waals surface area (Å²) in [6, 6.07) is 11.5. The lowest BCUT2D eigenvalue weighted by Gasteiger charge is -2.32. The number of thioether (sulfide) groups is 1. The Labute approximate surface area is 229 Å². The highest BCUT2D eigenvalue weighted by Gasteiger charge is 2.46. The van der Waals surface area contributed by atoms with E-state index in [1.807, 2.05) is 0 Å². The van der Waals surface area contributed by atoms with Gasteiger partial charge in [0, 0.05) is 10.6 Å². The second kappa shape index (κ2) is 12.5. The average Bonchev–Trinajstić information content (AvgIpc) is 3.35. The molecule has 2 aromatic rings. The highest BCUT2D eigenvalue weighted by Crippen LogP contribution is 2.44.